The molecule has 1 aromatic carbocycles. The summed E-state index contributed by atoms with van der Waals surface area (Å²) in [5.41, 5.74) is 1.50. The highest BCUT2D eigenvalue weighted by Gasteiger charge is 2.29. The Morgan fingerprint density at radius 1 is 1.22 bits per heavy atom. The molecule has 1 fully saturated rings. The normalized spacial score (nSPS) is 12.3. The zero-order valence-electron chi connectivity index (χ0n) is 15.4. The minimum atomic E-state index is -0.295. The molecule has 150 valence electrons. The molecule has 2 rings (SSSR count). The van der Waals surface area contributed by atoms with Crippen LogP contribution < -0.4 is 20.7 Å². The van der Waals surface area contributed by atoms with Gasteiger partial charge in [0.1, 0.15) is 5.75 Å². The van der Waals surface area contributed by atoms with Crippen molar-refractivity contribution in [3.63, 3.8) is 0 Å². The van der Waals surface area contributed by atoms with Crippen molar-refractivity contribution in [3.8, 4) is 5.75 Å². The summed E-state index contributed by atoms with van der Waals surface area (Å²) < 4.78 is 5.45. The molecule has 5 N–H and O–H groups in total. The highest BCUT2D eigenvalue weighted by molar-refractivity contribution is 5.95. The first-order chi connectivity index (χ1) is 13.0. The van der Waals surface area contributed by atoms with Gasteiger partial charge in [0, 0.05) is 30.3 Å². The van der Waals surface area contributed by atoms with Crippen molar-refractivity contribution < 1.29 is 29.3 Å². The third-order valence-electron chi connectivity index (χ3n) is 3.62. The summed E-state index contributed by atoms with van der Waals surface area (Å²) in [6.07, 6.45) is 2.45. The van der Waals surface area contributed by atoms with Gasteiger partial charge in [0.25, 0.3) is 5.91 Å². The quantitative estimate of drug-likeness (QED) is 0.275. The minimum Gasteiger partial charge on any atom is -0.483 e. The lowest BCUT2D eigenvalue weighted by Crippen LogP contribution is -2.31. The van der Waals surface area contributed by atoms with Crippen LogP contribution >= 0.6 is 0 Å². The van der Waals surface area contributed by atoms with Gasteiger partial charge in [-0.05, 0) is 31.9 Å². The van der Waals surface area contributed by atoms with Gasteiger partial charge in [-0.25, -0.2) is 0 Å². The summed E-state index contributed by atoms with van der Waals surface area (Å²) in [4.78, 5) is 32.6. The Bertz CT molecular complexity index is 619. The predicted octanol–water partition coefficient (Wildman–Crippen LogP) is -0.444. The third kappa shape index (κ3) is 9.02. The van der Waals surface area contributed by atoms with Crippen LogP contribution in [-0.2, 0) is 14.4 Å². The molecular weight excluding hydrogens is 354 g/mol. The van der Waals surface area contributed by atoms with Crippen LogP contribution in [-0.4, -0.2) is 61.3 Å². The van der Waals surface area contributed by atoms with Gasteiger partial charge in [-0.2, -0.15) is 0 Å². The molecule has 0 aromatic heterocycles. The van der Waals surface area contributed by atoms with Gasteiger partial charge in [0.05, 0.1) is 13.2 Å². The zero-order chi connectivity index (χ0) is 20.1. The number of hydrogen-bond donors (Lipinski definition) is 5. The topological polar surface area (TPSA) is 137 Å². The monoisotopic (exact) mass is 381 g/mol. The van der Waals surface area contributed by atoms with Crippen LogP contribution in [0.15, 0.2) is 18.2 Å². The standard InChI is InChI=1S/C15H20N2O4.C3H7NO2/c1-10-12(17-15(20)11-5-6-11)3-2-4-13(10)21-9-14(19)16-7-8-18;5-2-1-4-3-6/h2-4,11,18H,5-9H2,1H3,(H,16,19)(H,17,20);3,5H,1-2H2,(H,4,6). The number of amides is 3. The van der Waals surface area contributed by atoms with Crippen molar-refractivity contribution in [1.29, 1.82) is 0 Å². The summed E-state index contributed by atoms with van der Waals surface area (Å²) in [5.74, 6) is 0.438. The molecule has 3 amide bonds. The highest BCUT2D eigenvalue weighted by Crippen LogP contribution is 2.32. The fourth-order valence-corrected chi connectivity index (χ4v) is 2.00. The summed E-state index contributed by atoms with van der Waals surface area (Å²) in [6.45, 7) is 2.18. The van der Waals surface area contributed by atoms with Crippen molar-refractivity contribution in [3.05, 3.63) is 23.8 Å². The fourth-order valence-electron chi connectivity index (χ4n) is 2.00. The van der Waals surface area contributed by atoms with Gasteiger partial charge in [-0.3, -0.25) is 14.4 Å². The van der Waals surface area contributed by atoms with Gasteiger partial charge in [-0.1, -0.05) is 6.07 Å². The van der Waals surface area contributed by atoms with Crippen LogP contribution in [0.2, 0.25) is 0 Å². The molecule has 0 heterocycles. The lowest BCUT2D eigenvalue weighted by atomic mass is 10.1. The second-order valence-electron chi connectivity index (χ2n) is 5.85. The van der Waals surface area contributed by atoms with Crippen molar-refractivity contribution in [2.75, 3.05) is 38.2 Å². The molecule has 0 bridgehead atoms. The maximum absolute atomic E-state index is 11.8. The fraction of sp³-hybridized carbons (Fsp3) is 0.500. The number of rotatable bonds is 10. The Morgan fingerprint density at radius 3 is 2.48 bits per heavy atom. The molecule has 0 radical (unpaired) electrons. The van der Waals surface area contributed by atoms with E-state index in [-0.39, 0.29) is 44.1 Å². The van der Waals surface area contributed by atoms with Crippen LogP contribution in [0.5, 0.6) is 5.75 Å². The maximum Gasteiger partial charge on any atom is 0.258 e. The van der Waals surface area contributed by atoms with E-state index in [1.54, 1.807) is 12.1 Å². The van der Waals surface area contributed by atoms with Gasteiger partial charge in [0.15, 0.2) is 6.61 Å². The largest absolute Gasteiger partial charge is 0.483 e. The van der Waals surface area contributed by atoms with Crippen LogP contribution in [0.1, 0.15) is 18.4 Å². The number of benzene rings is 1. The molecule has 0 aliphatic heterocycles. The number of nitrogens with one attached hydrogen (secondary N) is 3. The van der Waals surface area contributed by atoms with E-state index in [4.69, 9.17) is 14.9 Å². The lowest BCUT2D eigenvalue weighted by Gasteiger charge is -2.13. The molecule has 9 nitrogen and oxygen atoms in total. The first-order valence-corrected chi connectivity index (χ1v) is 8.72. The van der Waals surface area contributed by atoms with E-state index in [0.717, 1.165) is 18.4 Å². The average Bonchev–Trinajstić information content (AvgIpc) is 3.51. The summed E-state index contributed by atoms with van der Waals surface area (Å²) in [7, 11) is 0. The molecule has 0 saturated heterocycles. The minimum absolute atomic E-state index is 0.0126. The molecule has 1 aliphatic rings. The highest BCUT2D eigenvalue weighted by atomic mass is 16.5. The van der Waals surface area contributed by atoms with Crippen LogP contribution in [0.4, 0.5) is 5.69 Å². The zero-order valence-corrected chi connectivity index (χ0v) is 15.4. The Hall–Kier alpha value is -2.65. The smallest absolute Gasteiger partial charge is 0.258 e. The average molecular weight is 381 g/mol. The predicted molar refractivity (Wildman–Crippen MR) is 99.3 cm³/mol. The van der Waals surface area contributed by atoms with Gasteiger partial charge < -0.3 is 30.9 Å². The number of hydrogen-bond acceptors (Lipinski definition) is 6. The molecule has 27 heavy (non-hydrogen) atoms. The molecule has 1 aliphatic carbocycles. The van der Waals surface area contributed by atoms with Crippen molar-refractivity contribution in [2.24, 2.45) is 5.92 Å². The maximum atomic E-state index is 11.8. The van der Waals surface area contributed by atoms with E-state index in [0.29, 0.717) is 24.4 Å². The Balaban J connectivity index is 0.000000527. The van der Waals surface area contributed by atoms with E-state index in [9.17, 15) is 14.4 Å². The number of aliphatic hydroxyl groups is 2. The van der Waals surface area contributed by atoms with Gasteiger partial charge in [0.2, 0.25) is 12.3 Å². The molecule has 1 saturated carbocycles. The number of anilines is 1. The second-order valence-corrected chi connectivity index (χ2v) is 5.85. The molecule has 9 heteroatoms. The summed E-state index contributed by atoms with van der Waals surface area (Å²) >= 11 is 0. The SMILES string of the molecule is Cc1c(NC(=O)C2CC2)cccc1OCC(=O)NCCO.O=CNCCO. The molecule has 0 unspecified atom stereocenters. The van der Waals surface area contributed by atoms with Crippen LogP contribution in [0, 0.1) is 12.8 Å². The lowest BCUT2D eigenvalue weighted by molar-refractivity contribution is -0.123. The Labute approximate surface area is 158 Å². The van der Waals surface area contributed by atoms with Crippen molar-refractivity contribution in [1.82, 2.24) is 10.6 Å². The van der Waals surface area contributed by atoms with E-state index in [1.165, 1.54) is 0 Å². The molecular formula is C18H27N3O6. The van der Waals surface area contributed by atoms with E-state index in [2.05, 4.69) is 16.0 Å². The Morgan fingerprint density at radius 2 is 1.93 bits per heavy atom. The third-order valence-corrected chi connectivity index (χ3v) is 3.62. The van der Waals surface area contributed by atoms with Crippen molar-refractivity contribution in [2.45, 2.75) is 19.8 Å². The van der Waals surface area contributed by atoms with Gasteiger partial charge in [-0.15, -0.1) is 0 Å². The number of aliphatic hydroxyl groups excluding tert-OH is 2. The first-order valence-electron chi connectivity index (χ1n) is 8.72. The van der Waals surface area contributed by atoms with E-state index in [1.807, 2.05) is 13.0 Å². The van der Waals surface area contributed by atoms with Gasteiger partial charge >= 0.3 is 0 Å². The molecule has 0 atom stereocenters. The number of carbonyl (C=O) groups is 3. The van der Waals surface area contributed by atoms with E-state index >= 15 is 0 Å². The first kappa shape index (κ1) is 22.4. The van der Waals surface area contributed by atoms with Crippen LogP contribution in [0.25, 0.3) is 0 Å². The number of ether oxygens (including phenoxy) is 1. The number of carbonyl (C=O) groups excluding carboxylic acids is 3. The second kappa shape index (κ2) is 12.7. The molecule has 0 spiro atoms. The van der Waals surface area contributed by atoms with Crippen molar-refractivity contribution >= 4 is 23.9 Å². The van der Waals surface area contributed by atoms with E-state index < -0.39 is 0 Å². The Kier molecular flexibility index (Phi) is 10.5. The van der Waals surface area contributed by atoms with Crippen LogP contribution in [0.3, 0.4) is 0 Å². The summed E-state index contributed by atoms with van der Waals surface area (Å²) in [5, 5.41) is 24.3. The summed E-state index contributed by atoms with van der Waals surface area (Å²) in [6, 6.07) is 5.34. The molecule has 1 aromatic rings.